The molecule has 4 heteroatoms. The Balaban J connectivity index is 1.31. The molecule has 0 saturated carbocycles. The lowest BCUT2D eigenvalue weighted by Gasteiger charge is -2.13. The van der Waals surface area contributed by atoms with Crippen LogP contribution >= 0.6 is 0 Å². The Kier molecular flexibility index (Phi) is 4.94. The van der Waals surface area contributed by atoms with Gasteiger partial charge in [-0.25, -0.2) is 9.97 Å². The number of fused-ring (bicyclic) bond motifs is 10. The number of aromatic nitrogens is 4. The standard InChI is InChI=1S/C46H26N4/c1-2-13-29(14-3-1)43-35-25-23-28-12-5-7-16-31(28)44(35)48-46(47-43)50-36-20-9-17-32-33-18-8-19-34-40-30-15-6-4-11-27(30)24-26-39(40)49(45(33)34)37-21-10-22-38(50)42(37)41(32)36/h1-26H. The molecule has 0 radical (unpaired) electrons. The number of benzene rings is 8. The van der Waals surface area contributed by atoms with Crippen molar-refractivity contribution < 1.29 is 0 Å². The van der Waals surface area contributed by atoms with Gasteiger partial charge in [0.2, 0.25) is 5.95 Å². The molecule has 12 aromatic rings. The molecule has 4 nitrogen and oxygen atoms in total. The summed E-state index contributed by atoms with van der Waals surface area (Å²) < 4.78 is 4.79. The predicted molar refractivity (Wildman–Crippen MR) is 209 cm³/mol. The fourth-order valence-corrected chi connectivity index (χ4v) is 8.79. The van der Waals surface area contributed by atoms with E-state index in [4.69, 9.17) is 9.97 Å². The summed E-state index contributed by atoms with van der Waals surface area (Å²) in [6.07, 6.45) is 0. The zero-order valence-electron chi connectivity index (χ0n) is 26.8. The van der Waals surface area contributed by atoms with Gasteiger partial charge in [0.25, 0.3) is 0 Å². The van der Waals surface area contributed by atoms with Gasteiger partial charge in [-0.05, 0) is 51.9 Å². The summed E-state index contributed by atoms with van der Waals surface area (Å²) in [5.41, 5.74) is 8.79. The van der Waals surface area contributed by atoms with Gasteiger partial charge >= 0.3 is 0 Å². The first-order valence-corrected chi connectivity index (χ1v) is 17.1. The van der Waals surface area contributed by atoms with Crippen molar-refractivity contribution in [1.82, 2.24) is 18.9 Å². The monoisotopic (exact) mass is 634 g/mol. The number of hydrogen-bond donors (Lipinski definition) is 0. The molecular formula is C46H26N4. The molecule has 0 aliphatic rings. The molecule has 0 amide bonds. The number of rotatable bonds is 2. The van der Waals surface area contributed by atoms with Crippen molar-refractivity contribution in [2.45, 2.75) is 0 Å². The second-order valence-electron chi connectivity index (χ2n) is 13.3. The molecular weight excluding hydrogens is 609 g/mol. The summed E-state index contributed by atoms with van der Waals surface area (Å²) >= 11 is 0. The lowest BCUT2D eigenvalue weighted by molar-refractivity contribution is 1.02. The SMILES string of the molecule is c1ccc(-c2nc(-n3c4cccc5c6cccc7c8c9ccccc9ccc8n(c8cccc3c8c54)c67)nc3c2ccc2ccccc23)cc1. The number of para-hydroxylation sites is 1. The Labute approximate surface area is 285 Å². The van der Waals surface area contributed by atoms with E-state index in [0.29, 0.717) is 5.95 Å². The molecule has 50 heavy (non-hydrogen) atoms. The zero-order chi connectivity index (χ0) is 32.5. The van der Waals surface area contributed by atoms with E-state index in [1.54, 1.807) is 0 Å². The van der Waals surface area contributed by atoms with Gasteiger partial charge in [-0.2, -0.15) is 0 Å². The van der Waals surface area contributed by atoms with Crippen LogP contribution in [0.25, 0.3) is 110 Å². The largest absolute Gasteiger partial charge is 0.308 e. The van der Waals surface area contributed by atoms with Gasteiger partial charge in [0.1, 0.15) is 0 Å². The van der Waals surface area contributed by atoms with Gasteiger partial charge in [-0.1, -0.05) is 127 Å². The van der Waals surface area contributed by atoms with Crippen LogP contribution in [0.15, 0.2) is 158 Å². The molecule has 0 N–H and O–H groups in total. The van der Waals surface area contributed by atoms with Gasteiger partial charge in [-0.3, -0.25) is 4.57 Å². The van der Waals surface area contributed by atoms with Crippen LogP contribution < -0.4 is 0 Å². The Morgan fingerprint density at radius 1 is 0.360 bits per heavy atom. The average molecular weight is 635 g/mol. The highest BCUT2D eigenvalue weighted by Gasteiger charge is 2.24. The molecule has 0 aliphatic heterocycles. The van der Waals surface area contributed by atoms with Gasteiger partial charge in [0, 0.05) is 43.3 Å². The van der Waals surface area contributed by atoms with E-state index < -0.39 is 0 Å². The van der Waals surface area contributed by atoms with E-state index >= 15 is 0 Å². The van der Waals surface area contributed by atoms with E-state index in [2.05, 4.69) is 167 Å². The van der Waals surface area contributed by atoms with Crippen LogP contribution in [0.1, 0.15) is 0 Å². The van der Waals surface area contributed by atoms with Crippen molar-refractivity contribution in [3.05, 3.63) is 158 Å². The smallest absolute Gasteiger partial charge is 0.235 e. The van der Waals surface area contributed by atoms with Gasteiger partial charge in [-0.15, -0.1) is 0 Å². The van der Waals surface area contributed by atoms with Crippen LogP contribution in [-0.4, -0.2) is 18.9 Å². The lowest BCUT2D eigenvalue weighted by atomic mass is 10.0. The van der Waals surface area contributed by atoms with Crippen molar-refractivity contribution in [2.75, 3.05) is 0 Å². The van der Waals surface area contributed by atoms with Gasteiger partial charge in [0.15, 0.2) is 0 Å². The number of nitrogens with zero attached hydrogens (tertiary/aromatic N) is 4. The first kappa shape index (κ1) is 26.2. The van der Waals surface area contributed by atoms with E-state index in [0.717, 1.165) is 44.0 Å². The highest BCUT2D eigenvalue weighted by atomic mass is 15.2. The maximum Gasteiger partial charge on any atom is 0.235 e. The lowest BCUT2D eigenvalue weighted by Crippen LogP contribution is -2.04. The quantitative estimate of drug-likeness (QED) is 0.177. The minimum absolute atomic E-state index is 0.671. The third-order valence-electron chi connectivity index (χ3n) is 10.8. The highest BCUT2D eigenvalue weighted by Crippen LogP contribution is 2.45. The van der Waals surface area contributed by atoms with Crippen molar-refractivity contribution in [2.24, 2.45) is 0 Å². The molecule has 0 spiro atoms. The second-order valence-corrected chi connectivity index (χ2v) is 13.3. The highest BCUT2D eigenvalue weighted by molar-refractivity contribution is 6.33. The Morgan fingerprint density at radius 3 is 1.86 bits per heavy atom. The normalized spacial score (nSPS) is 12.4. The van der Waals surface area contributed by atoms with Crippen molar-refractivity contribution in [1.29, 1.82) is 0 Å². The van der Waals surface area contributed by atoms with Crippen LogP contribution in [0.5, 0.6) is 0 Å². The van der Waals surface area contributed by atoms with Crippen molar-refractivity contribution >= 4 is 92.3 Å². The minimum atomic E-state index is 0.671. The van der Waals surface area contributed by atoms with Crippen LogP contribution in [0.4, 0.5) is 0 Å². The van der Waals surface area contributed by atoms with Crippen LogP contribution in [-0.2, 0) is 0 Å². The molecule has 4 aromatic heterocycles. The molecule has 0 fully saturated rings. The van der Waals surface area contributed by atoms with E-state index in [1.165, 1.54) is 59.6 Å². The maximum absolute atomic E-state index is 5.44. The first-order valence-electron chi connectivity index (χ1n) is 17.1. The molecule has 0 atom stereocenters. The molecule has 4 heterocycles. The van der Waals surface area contributed by atoms with E-state index in [-0.39, 0.29) is 0 Å². The molecule has 12 rings (SSSR count). The third-order valence-corrected chi connectivity index (χ3v) is 10.8. The third kappa shape index (κ3) is 3.25. The second kappa shape index (κ2) is 9.43. The Morgan fingerprint density at radius 2 is 0.980 bits per heavy atom. The van der Waals surface area contributed by atoms with Gasteiger partial charge in [0.05, 0.1) is 38.8 Å². The summed E-state index contributed by atoms with van der Waals surface area (Å²) in [5.74, 6) is 0.671. The van der Waals surface area contributed by atoms with E-state index in [1.807, 2.05) is 0 Å². The Bertz CT molecular complexity index is 3370. The average Bonchev–Trinajstić information content (AvgIpc) is 3.67. The first-order chi connectivity index (χ1) is 24.8. The summed E-state index contributed by atoms with van der Waals surface area (Å²) in [6.45, 7) is 0. The Hall–Kier alpha value is -6.78. The van der Waals surface area contributed by atoms with E-state index in [9.17, 15) is 0 Å². The molecule has 0 saturated heterocycles. The summed E-state index contributed by atoms with van der Waals surface area (Å²) in [7, 11) is 0. The van der Waals surface area contributed by atoms with Crippen molar-refractivity contribution in [3.63, 3.8) is 0 Å². The summed E-state index contributed by atoms with van der Waals surface area (Å²) in [6, 6.07) is 56.9. The van der Waals surface area contributed by atoms with Crippen LogP contribution in [0.3, 0.4) is 0 Å². The predicted octanol–water partition coefficient (Wildman–Crippen LogP) is 11.9. The van der Waals surface area contributed by atoms with Crippen LogP contribution in [0.2, 0.25) is 0 Å². The number of hydrogen-bond acceptors (Lipinski definition) is 2. The van der Waals surface area contributed by atoms with Crippen LogP contribution in [0, 0.1) is 0 Å². The fourth-order valence-electron chi connectivity index (χ4n) is 8.79. The molecule has 0 aliphatic carbocycles. The molecule has 8 aromatic carbocycles. The fraction of sp³-hybridized carbons (Fsp3) is 0. The minimum Gasteiger partial charge on any atom is -0.308 e. The topological polar surface area (TPSA) is 35.1 Å². The van der Waals surface area contributed by atoms with Gasteiger partial charge < -0.3 is 4.40 Å². The van der Waals surface area contributed by atoms with Crippen molar-refractivity contribution in [3.8, 4) is 17.2 Å². The molecule has 230 valence electrons. The summed E-state index contributed by atoms with van der Waals surface area (Å²) in [4.78, 5) is 10.9. The zero-order valence-corrected chi connectivity index (χ0v) is 26.8. The molecule has 0 bridgehead atoms. The molecule has 0 unspecified atom stereocenters. The maximum atomic E-state index is 5.44. The summed E-state index contributed by atoms with van der Waals surface area (Å²) in [5, 5.41) is 13.3.